The highest BCUT2D eigenvalue weighted by Crippen LogP contribution is 2.38. The lowest BCUT2D eigenvalue weighted by Crippen LogP contribution is -2.52. The third-order valence-corrected chi connectivity index (χ3v) is 9.23. The zero-order valence-corrected chi connectivity index (χ0v) is 24.7. The minimum absolute atomic E-state index is 0.0891. The van der Waals surface area contributed by atoms with Crippen LogP contribution >= 0.6 is 0 Å². The lowest BCUT2D eigenvalue weighted by atomic mass is 9.76. The first-order valence-electron chi connectivity index (χ1n) is 14.9. The zero-order valence-electron chi connectivity index (χ0n) is 24.7. The van der Waals surface area contributed by atoms with E-state index < -0.39 is 24.5 Å². The van der Waals surface area contributed by atoms with Gasteiger partial charge in [-0.25, -0.2) is 19.9 Å². The molecule has 6 rings (SSSR count). The number of anilines is 1. The van der Waals surface area contributed by atoms with E-state index in [2.05, 4.69) is 56.9 Å². The molecule has 2 fully saturated rings. The summed E-state index contributed by atoms with van der Waals surface area (Å²) < 4.78 is 7.85. The van der Waals surface area contributed by atoms with Crippen LogP contribution in [0.5, 0.6) is 0 Å². The molecule has 12 nitrogen and oxygen atoms in total. The predicted molar refractivity (Wildman–Crippen MR) is 159 cm³/mol. The maximum Gasteiger partial charge on any atom is 0.167 e. The van der Waals surface area contributed by atoms with Gasteiger partial charge in [-0.2, -0.15) is 0 Å². The molecule has 2 aliphatic rings. The number of aryl methyl sites for hydroxylation is 1. The Balaban J connectivity index is 1.05. The van der Waals surface area contributed by atoms with Gasteiger partial charge in [0.1, 0.15) is 36.0 Å². The molecule has 6 N–H and O–H groups in total. The molecule has 226 valence electrons. The lowest BCUT2D eigenvalue weighted by Gasteiger charge is -2.46. The van der Waals surface area contributed by atoms with Gasteiger partial charge in [-0.15, -0.1) is 0 Å². The Morgan fingerprint density at radius 3 is 2.69 bits per heavy atom. The van der Waals surface area contributed by atoms with Crippen molar-refractivity contribution in [2.45, 2.75) is 95.4 Å². The molecule has 0 unspecified atom stereocenters. The number of rotatable bonds is 10. The molecule has 4 heterocycles. The Bertz CT molecular complexity index is 1540. The number of ether oxygens (including phenoxy) is 1. The molecule has 1 aromatic carbocycles. The van der Waals surface area contributed by atoms with E-state index in [0.29, 0.717) is 29.7 Å². The summed E-state index contributed by atoms with van der Waals surface area (Å²) in [6.07, 6.45) is 3.42. The van der Waals surface area contributed by atoms with Crippen LogP contribution in [-0.4, -0.2) is 93.3 Å². The normalized spacial score (nSPS) is 26.6. The molecule has 1 saturated heterocycles. The van der Waals surface area contributed by atoms with E-state index in [1.165, 1.54) is 12.7 Å². The topological polar surface area (TPSA) is 171 Å². The Morgan fingerprint density at radius 2 is 1.95 bits per heavy atom. The molecular weight excluding hydrogens is 536 g/mol. The van der Waals surface area contributed by atoms with E-state index in [9.17, 15) is 15.3 Å². The van der Waals surface area contributed by atoms with Crippen LogP contribution in [0.25, 0.3) is 22.2 Å². The van der Waals surface area contributed by atoms with E-state index in [0.717, 1.165) is 48.1 Å². The summed E-state index contributed by atoms with van der Waals surface area (Å²) in [5, 5.41) is 31.6. The first kappa shape index (κ1) is 28.9. The number of nitrogens with one attached hydrogen (secondary N) is 1. The van der Waals surface area contributed by atoms with Gasteiger partial charge >= 0.3 is 0 Å². The van der Waals surface area contributed by atoms with Crippen molar-refractivity contribution >= 4 is 28.0 Å². The number of nitrogens with zero attached hydrogens (tertiary/aromatic N) is 6. The van der Waals surface area contributed by atoms with E-state index in [-0.39, 0.29) is 23.9 Å². The molecule has 4 atom stereocenters. The third kappa shape index (κ3) is 5.26. The smallest absolute Gasteiger partial charge is 0.167 e. The van der Waals surface area contributed by atoms with Crippen molar-refractivity contribution in [3.05, 3.63) is 42.2 Å². The fourth-order valence-corrected chi connectivity index (χ4v) is 6.39. The van der Waals surface area contributed by atoms with Crippen LogP contribution in [0.3, 0.4) is 0 Å². The summed E-state index contributed by atoms with van der Waals surface area (Å²) in [4.78, 5) is 23.2. The number of hydrogen-bond donors (Lipinski definition) is 5. The SMILES string of the molecule is CC(C)N(C[C@H]1O[C@@H](n2cnc3c(N)ncnc32)[C@@H](O)[C@H]1O)[C@H]1C[C@H](CCc2nc3cc(C(C)(C)CO)ccc3[nH]2)C1. The van der Waals surface area contributed by atoms with Crippen LogP contribution in [0.2, 0.25) is 0 Å². The Hall–Kier alpha value is -3.16. The van der Waals surface area contributed by atoms with Crippen molar-refractivity contribution in [2.75, 3.05) is 18.9 Å². The number of fused-ring (bicyclic) bond motifs is 2. The van der Waals surface area contributed by atoms with Crippen LogP contribution in [0.4, 0.5) is 5.82 Å². The van der Waals surface area contributed by atoms with Gasteiger partial charge < -0.3 is 30.8 Å². The van der Waals surface area contributed by atoms with Crippen LogP contribution in [-0.2, 0) is 16.6 Å². The van der Waals surface area contributed by atoms with Crippen molar-refractivity contribution in [2.24, 2.45) is 5.92 Å². The highest BCUT2D eigenvalue weighted by molar-refractivity contribution is 5.81. The molecule has 42 heavy (non-hydrogen) atoms. The standard InChI is InChI=1S/C30H42N8O4/c1-16(2)37(12-22-25(40)26(41)29(42-22)38-15-34-24-27(31)32-14-33-28(24)38)19-9-17(10-19)5-8-23-35-20-7-6-18(11-21(20)36-23)30(3,4)13-39/h6-7,11,14-17,19,22,25-26,29,39-41H,5,8-10,12-13H2,1-4H3,(H,35,36)(H2,31,32,33)/t17-,19-,22-,25+,26+,29-/m1/s1. The number of hydrogen-bond acceptors (Lipinski definition) is 10. The van der Waals surface area contributed by atoms with Crippen molar-refractivity contribution in [3.63, 3.8) is 0 Å². The van der Waals surface area contributed by atoms with Gasteiger partial charge in [0.05, 0.1) is 24.0 Å². The second-order valence-corrected chi connectivity index (χ2v) is 12.9. The largest absolute Gasteiger partial charge is 0.395 e. The Kier molecular flexibility index (Phi) is 7.69. The van der Waals surface area contributed by atoms with Crippen molar-refractivity contribution < 1.29 is 20.1 Å². The molecule has 0 spiro atoms. The maximum atomic E-state index is 10.9. The molecule has 1 aliphatic heterocycles. The monoisotopic (exact) mass is 578 g/mol. The number of H-pyrrole nitrogens is 1. The van der Waals surface area contributed by atoms with Gasteiger partial charge in [0, 0.05) is 30.5 Å². The fourth-order valence-electron chi connectivity index (χ4n) is 6.39. The summed E-state index contributed by atoms with van der Waals surface area (Å²) in [6, 6.07) is 6.84. The molecule has 0 amide bonds. The summed E-state index contributed by atoms with van der Waals surface area (Å²) in [7, 11) is 0. The van der Waals surface area contributed by atoms with Crippen LogP contribution in [0.15, 0.2) is 30.9 Å². The summed E-state index contributed by atoms with van der Waals surface area (Å²) in [6.45, 7) is 8.99. The average Bonchev–Trinajstić information content (AvgIpc) is 3.63. The molecular formula is C30H42N8O4. The molecule has 3 aromatic heterocycles. The van der Waals surface area contributed by atoms with E-state index in [1.54, 1.807) is 4.57 Å². The minimum Gasteiger partial charge on any atom is -0.395 e. The van der Waals surface area contributed by atoms with E-state index >= 15 is 0 Å². The number of aromatic amines is 1. The number of benzene rings is 1. The number of nitrogens with two attached hydrogens (primary N) is 1. The van der Waals surface area contributed by atoms with Crippen molar-refractivity contribution in [3.8, 4) is 0 Å². The molecule has 0 bridgehead atoms. The fraction of sp³-hybridized carbons (Fsp3) is 0.600. The second kappa shape index (κ2) is 11.2. The van der Waals surface area contributed by atoms with E-state index in [1.807, 2.05) is 13.8 Å². The lowest BCUT2D eigenvalue weighted by molar-refractivity contribution is -0.0620. The summed E-state index contributed by atoms with van der Waals surface area (Å²) in [5.41, 5.74) is 9.57. The third-order valence-electron chi connectivity index (χ3n) is 9.23. The van der Waals surface area contributed by atoms with E-state index in [4.69, 9.17) is 15.5 Å². The summed E-state index contributed by atoms with van der Waals surface area (Å²) in [5.74, 6) is 1.85. The van der Waals surface area contributed by atoms with Gasteiger partial charge in [-0.05, 0) is 56.7 Å². The number of nitrogen functional groups attached to an aromatic ring is 1. The zero-order chi connectivity index (χ0) is 29.8. The Morgan fingerprint density at radius 1 is 1.17 bits per heavy atom. The molecule has 1 aliphatic carbocycles. The molecule has 4 aromatic rings. The van der Waals surface area contributed by atoms with Gasteiger partial charge in [0.25, 0.3) is 0 Å². The number of imidazole rings is 2. The van der Waals surface area contributed by atoms with Gasteiger partial charge in [0.2, 0.25) is 0 Å². The van der Waals surface area contributed by atoms with Crippen LogP contribution < -0.4 is 5.73 Å². The molecule has 0 radical (unpaired) electrons. The average molecular weight is 579 g/mol. The number of aliphatic hydroxyl groups is 3. The molecule has 12 heteroatoms. The quantitative estimate of drug-likeness (QED) is 0.188. The summed E-state index contributed by atoms with van der Waals surface area (Å²) >= 11 is 0. The van der Waals surface area contributed by atoms with Gasteiger partial charge in [0.15, 0.2) is 17.7 Å². The van der Waals surface area contributed by atoms with Crippen molar-refractivity contribution in [1.29, 1.82) is 0 Å². The first-order valence-corrected chi connectivity index (χ1v) is 14.9. The maximum absolute atomic E-state index is 10.9. The first-order chi connectivity index (χ1) is 20.1. The van der Waals surface area contributed by atoms with Crippen LogP contribution in [0.1, 0.15) is 64.6 Å². The minimum atomic E-state index is -1.12. The van der Waals surface area contributed by atoms with Gasteiger partial charge in [-0.3, -0.25) is 9.47 Å². The van der Waals surface area contributed by atoms with Crippen LogP contribution in [0, 0.1) is 5.92 Å². The molecule has 1 saturated carbocycles. The van der Waals surface area contributed by atoms with Crippen molar-refractivity contribution in [1.82, 2.24) is 34.4 Å². The predicted octanol–water partition coefficient (Wildman–Crippen LogP) is 2.30. The van der Waals surface area contributed by atoms with Gasteiger partial charge in [-0.1, -0.05) is 19.9 Å². The number of aliphatic hydroxyl groups excluding tert-OH is 3. The second-order valence-electron chi connectivity index (χ2n) is 12.9. The Labute approximate surface area is 245 Å². The number of aromatic nitrogens is 6. The highest BCUT2D eigenvalue weighted by atomic mass is 16.6. The highest BCUT2D eigenvalue weighted by Gasteiger charge is 2.46.